The van der Waals surface area contributed by atoms with E-state index < -0.39 is 5.41 Å². The van der Waals surface area contributed by atoms with Gasteiger partial charge in [-0.2, -0.15) is 11.8 Å². The van der Waals surface area contributed by atoms with Crippen molar-refractivity contribution >= 4 is 11.8 Å². The van der Waals surface area contributed by atoms with E-state index in [9.17, 15) is 25.5 Å². The van der Waals surface area contributed by atoms with Crippen LogP contribution in [0.25, 0.3) is 0 Å². The normalized spacial score (nSPS) is 13.2. The summed E-state index contributed by atoms with van der Waals surface area (Å²) in [5.41, 5.74) is 13.3. The monoisotopic (exact) mass is 1070 g/mol. The molecule has 0 amide bonds. The minimum atomic E-state index is -0.716. The highest BCUT2D eigenvalue weighted by atomic mass is 32.2. The highest BCUT2D eigenvalue weighted by Gasteiger charge is 2.43. The Bertz CT molecular complexity index is 2610. The average molecular weight is 1070 g/mol. The molecule has 77 heavy (non-hydrogen) atoms. The van der Waals surface area contributed by atoms with Crippen molar-refractivity contribution in [3.8, 4) is 28.7 Å². The Morgan fingerprint density at radius 1 is 0.299 bits per heavy atom. The summed E-state index contributed by atoms with van der Waals surface area (Å²) in [6, 6.07) is 21.4. The van der Waals surface area contributed by atoms with Crippen molar-refractivity contribution in [2.45, 2.75) is 254 Å². The quantitative estimate of drug-likeness (QED) is 0.0393. The highest BCUT2D eigenvalue weighted by molar-refractivity contribution is 7.99. The van der Waals surface area contributed by atoms with E-state index in [1.807, 2.05) is 42.1 Å². The molecule has 6 heteroatoms. The third kappa shape index (κ3) is 14.1. The Kier molecular flexibility index (Phi) is 19.8. The Labute approximate surface area is 473 Å². The number of thioether (sulfide) groups is 1. The van der Waals surface area contributed by atoms with Gasteiger partial charge in [-0.1, -0.05) is 180 Å². The number of benzene rings is 5. The topological polar surface area (TPSA) is 101 Å². The molecule has 0 spiro atoms. The zero-order valence-electron chi connectivity index (χ0n) is 52.1. The van der Waals surface area contributed by atoms with Gasteiger partial charge in [0.15, 0.2) is 0 Å². The summed E-state index contributed by atoms with van der Waals surface area (Å²) in [4.78, 5) is 0. The molecule has 0 aliphatic rings. The molecule has 0 fully saturated rings. The Morgan fingerprint density at radius 3 is 0.857 bits per heavy atom. The number of unbranched alkanes of at least 4 members (excludes halogenated alkanes) is 5. The lowest BCUT2D eigenvalue weighted by molar-refractivity contribution is 0.388. The van der Waals surface area contributed by atoms with Gasteiger partial charge in [-0.15, -0.1) is 0 Å². The average Bonchev–Trinajstić information content (AvgIpc) is 3.26. The van der Waals surface area contributed by atoms with E-state index in [2.05, 4.69) is 176 Å². The Balaban J connectivity index is 1.62. The van der Waals surface area contributed by atoms with Crippen LogP contribution >= 0.6 is 11.8 Å². The van der Waals surface area contributed by atoms with Gasteiger partial charge < -0.3 is 25.5 Å². The summed E-state index contributed by atoms with van der Waals surface area (Å²) in [6.45, 7) is 45.6. The summed E-state index contributed by atoms with van der Waals surface area (Å²) in [5.74, 6) is 3.55. The minimum Gasteiger partial charge on any atom is -0.508 e. The molecule has 424 valence electrons. The van der Waals surface area contributed by atoms with Crippen LogP contribution in [0.3, 0.4) is 0 Å². The van der Waals surface area contributed by atoms with Gasteiger partial charge in [-0.05, 0) is 219 Å². The first kappa shape index (κ1) is 63.3. The van der Waals surface area contributed by atoms with Crippen molar-refractivity contribution in [3.63, 3.8) is 0 Å². The molecule has 5 rings (SSSR count). The van der Waals surface area contributed by atoms with Gasteiger partial charge in [0.2, 0.25) is 0 Å². The highest BCUT2D eigenvalue weighted by Crippen LogP contribution is 2.54. The molecule has 0 aromatic heterocycles. The number of phenolic OH excluding ortho intramolecular Hbond substituents is 5. The fourth-order valence-corrected chi connectivity index (χ4v) is 13.7. The zero-order valence-corrected chi connectivity index (χ0v) is 52.9. The van der Waals surface area contributed by atoms with E-state index in [4.69, 9.17) is 0 Å². The van der Waals surface area contributed by atoms with Gasteiger partial charge in [0, 0.05) is 10.8 Å². The summed E-state index contributed by atoms with van der Waals surface area (Å²) < 4.78 is 0. The second-order valence-electron chi connectivity index (χ2n) is 28.5. The second kappa shape index (κ2) is 24.0. The number of hydrogen-bond acceptors (Lipinski definition) is 6. The third-order valence-corrected chi connectivity index (χ3v) is 18.0. The van der Waals surface area contributed by atoms with Crippen molar-refractivity contribution in [1.29, 1.82) is 0 Å². The zero-order chi connectivity index (χ0) is 58.0. The smallest absolute Gasteiger partial charge is 0.119 e. The molecule has 0 saturated heterocycles. The Hall–Kier alpha value is -4.55. The number of aromatic hydroxyl groups is 5. The van der Waals surface area contributed by atoms with Crippen molar-refractivity contribution in [2.24, 2.45) is 0 Å². The van der Waals surface area contributed by atoms with Crippen LogP contribution in [0, 0.1) is 34.6 Å². The van der Waals surface area contributed by atoms with Crippen LogP contribution < -0.4 is 0 Å². The lowest BCUT2D eigenvalue weighted by Gasteiger charge is -2.42. The largest absolute Gasteiger partial charge is 0.508 e. The van der Waals surface area contributed by atoms with Gasteiger partial charge in [0.05, 0.1) is 0 Å². The molecule has 0 atom stereocenters. The molecule has 5 N–H and O–H groups in total. The molecule has 0 heterocycles. The molecule has 0 aliphatic heterocycles. The van der Waals surface area contributed by atoms with Crippen LogP contribution in [0.4, 0.5) is 0 Å². The van der Waals surface area contributed by atoms with Gasteiger partial charge >= 0.3 is 0 Å². The summed E-state index contributed by atoms with van der Waals surface area (Å²) in [5, 5.41) is 58.0. The van der Waals surface area contributed by atoms with Crippen LogP contribution in [0.2, 0.25) is 0 Å². The predicted octanol–water partition coefficient (Wildman–Crippen LogP) is 19.6. The van der Waals surface area contributed by atoms with E-state index in [-0.39, 0.29) is 32.5 Å². The molecule has 5 aromatic carbocycles. The van der Waals surface area contributed by atoms with Crippen LogP contribution in [0.15, 0.2) is 60.7 Å². The van der Waals surface area contributed by atoms with Crippen molar-refractivity contribution in [2.75, 3.05) is 11.5 Å². The van der Waals surface area contributed by atoms with E-state index in [1.54, 1.807) is 0 Å². The maximum atomic E-state index is 11.7. The molecule has 0 unspecified atom stereocenters. The van der Waals surface area contributed by atoms with Crippen molar-refractivity contribution in [1.82, 2.24) is 0 Å². The lowest BCUT2D eigenvalue weighted by Crippen LogP contribution is -2.34. The van der Waals surface area contributed by atoms with Gasteiger partial charge in [0.1, 0.15) is 28.7 Å². The molecular weight excluding hydrogens is 965 g/mol. The predicted molar refractivity (Wildman–Crippen MR) is 332 cm³/mol. The molecule has 0 aliphatic carbocycles. The van der Waals surface area contributed by atoms with Gasteiger partial charge in [0.25, 0.3) is 0 Å². The molecule has 0 saturated carbocycles. The fourth-order valence-electron chi connectivity index (χ4n) is 12.7. The number of rotatable bonds is 20. The summed E-state index contributed by atoms with van der Waals surface area (Å²) in [6.07, 6.45) is 11.6. The molecule has 0 radical (unpaired) electrons. The second-order valence-corrected chi connectivity index (χ2v) is 29.7. The fraction of sp³-hybridized carbons (Fsp3) is 0.577. The van der Waals surface area contributed by atoms with Gasteiger partial charge in [-0.3, -0.25) is 0 Å². The standard InChI is InChI=1S/C71H104O5S/c1-22-23-24-25-26-30-70(50-40-55(65(7,8)9)60(72)35-45(50)2,51-41-56(66(10,11)12)61(73)36-46(51)3)31-27-28-33-77-34-29-32-71(52-42-57(67(13,14)15)62(74)37-47(52)4,53-43-58(68(16,17)18)63(75)38-48(53)5)54-44-59(69(19,20)21)64(76)39-49(54)6/h35-44,72-76H,22-34H2,1-21H3. The SMILES string of the molecule is CCCCCCCC(CCCCSCCCC(c1cc(C(C)(C)C)c(O)cc1C)(c1cc(C(C)(C)C)c(O)cc1C)c1cc(C(C)(C)C)c(O)cc1C)(c1cc(C(C)(C)C)c(O)cc1C)c1cc(C(C)(C)C)c(O)cc1C. The lowest BCUT2D eigenvalue weighted by atomic mass is 9.61. The Morgan fingerprint density at radius 2 is 0.558 bits per heavy atom. The van der Waals surface area contributed by atoms with Crippen molar-refractivity contribution < 1.29 is 25.5 Å². The van der Waals surface area contributed by atoms with Crippen molar-refractivity contribution in [3.05, 3.63) is 144 Å². The first-order chi connectivity index (χ1) is 35.4. The first-order valence-corrected chi connectivity index (χ1v) is 30.4. The maximum absolute atomic E-state index is 11.7. The first-order valence-electron chi connectivity index (χ1n) is 29.2. The summed E-state index contributed by atoms with van der Waals surface area (Å²) >= 11 is 2.03. The number of hydrogen-bond donors (Lipinski definition) is 5. The molecule has 5 aromatic rings. The molecule has 5 nitrogen and oxygen atoms in total. The minimum absolute atomic E-state index is 0.254. The third-order valence-electron chi connectivity index (χ3n) is 16.9. The van der Waals surface area contributed by atoms with Crippen LogP contribution in [0.1, 0.15) is 265 Å². The number of phenols is 5. The van der Waals surface area contributed by atoms with Crippen LogP contribution in [-0.4, -0.2) is 37.0 Å². The molecular formula is C71H104O5S. The van der Waals surface area contributed by atoms with Crippen LogP contribution in [0.5, 0.6) is 28.7 Å². The van der Waals surface area contributed by atoms with Gasteiger partial charge in [-0.25, -0.2) is 0 Å². The number of aryl methyl sites for hydroxylation is 5. The molecule has 0 bridgehead atoms. The van der Waals surface area contributed by atoms with E-state index in [0.29, 0.717) is 28.7 Å². The van der Waals surface area contributed by atoms with E-state index in [1.165, 1.54) is 36.8 Å². The summed E-state index contributed by atoms with van der Waals surface area (Å²) in [7, 11) is 0. The van der Waals surface area contributed by atoms with E-state index >= 15 is 0 Å². The van der Waals surface area contributed by atoms with Crippen LogP contribution in [-0.2, 0) is 37.9 Å². The maximum Gasteiger partial charge on any atom is 0.119 e. The van der Waals surface area contributed by atoms with E-state index in [0.717, 1.165) is 129 Å².